The third-order valence-corrected chi connectivity index (χ3v) is 7.36. The van der Waals surface area contributed by atoms with Gasteiger partial charge in [0.1, 0.15) is 5.82 Å². The van der Waals surface area contributed by atoms with Crippen molar-refractivity contribution in [1.82, 2.24) is 19.3 Å². The average molecular weight is 488 g/mol. The van der Waals surface area contributed by atoms with Gasteiger partial charge in [0.15, 0.2) is 5.76 Å². The molecule has 0 aliphatic carbocycles. The zero-order valence-electron chi connectivity index (χ0n) is 19.8. The summed E-state index contributed by atoms with van der Waals surface area (Å²) in [6, 6.07) is 9.07. The van der Waals surface area contributed by atoms with Gasteiger partial charge in [0, 0.05) is 43.9 Å². The van der Waals surface area contributed by atoms with E-state index < -0.39 is 16.0 Å². The number of likely N-dealkylation sites (N-methyl/N-ethyl adjacent to an activating group) is 1. The molecule has 3 aromatic rings. The molecule has 11 heteroatoms. The largest absolute Gasteiger partial charge is 0.481 e. The third kappa shape index (κ3) is 5.44. The lowest BCUT2D eigenvalue weighted by Gasteiger charge is -2.41. The van der Waals surface area contributed by atoms with Crippen LogP contribution in [0.4, 0.5) is 5.82 Å². The summed E-state index contributed by atoms with van der Waals surface area (Å²) < 4.78 is 33.0. The van der Waals surface area contributed by atoms with E-state index >= 15 is 0 Å². The van der Waals surface area contributed by atoms with Gasteiger partial charge < -0.3 is 20.3 Å². The molecule has 34 heavy (non-hydrogen) atoms. The monoisotopic (exact) mass is 487 g/mol. The van der Waals surface area contributed by atoms with E-state index in [1.165, 1.54) is 4.31 Å². The highest BCUT2D eigenvalue weighted by Crippen LogP contribution is 2.33. The topological polar surface area (TPSA) is 143 Å². The molecule has 3 N–H and O–H groups in total. The van der Waals surface area contributed by atoms with Gasteiger partial charge in [-0.1, -0.05) is 11.2 Å². The van der Waals surface area contributed by atoms with Crippen LogP contribution in [0.15, 0.2) is 45.9 Å². The van der Waals surface area contributed by atoms with E-state index in [0.29, 0.717) is 30.2 Å². The number of benzene rings is 1. The van der Waals surface area contributed by atoms with Crippen molar-refractivity contribution in [2.45, 2.75) is 31.7 Å². The highest BCUT2D eigenvalue weighted by Gasteiger charge is 2.37. The van der Waals surface area contributed by atoms with Gasteiger partial charge in [-0.25, -0.2) is 13.4 Å². The molecule has 4 rings (SSSR count). The highest BCUT2D eigenvalue weighted by molar-refractivity contribution is 7.89. The lowest BCUT2D eigenvalue weighted by atomic mass is 10.00. The van der Waals surface area contributed by atoms with Crippen LogP contribution in [0.2, 0.25) is 0 Å². The number of nitrogens with two attached hydrogens (primary N) is 1. The fraction of sp³-hybridized carbons (Fsp3) is 0.348. The van der Waals surface area contributed by atoms with Crippen LogP contribution < -0.4 is 5.73 Å². The molecule has 1 fully saturated rings. The summed E-state index contributed by atoms with van der Waals surface area (Å²) >= 11 is 0. The van der Waals surface area contributed by atoms with E-state index in [1.54, 1.807) is 24.4 Å². The molecule has 182 valence electrons. The van der Waals surface area contributed by atoms with Crippen molar-refractivity contribution in [2.75, 3.05) is 32.9 Å². The summed E-state index contributed by atoms with van der Waals surface area (Å²) in [6.07, 6.45) is 1.65. The van der Waals surface area contributed by atoms with E-state index in [4.69, 9.17) is 20.2 Å². The Bertz CT molecular complexity index is 1290. The third-order valence-electron chi connectivity index (χ3n) is 5.53. The van der Waals surface area contributed by atoms with Crippen molar-refractivity contribution in [3.8, 4) is 22.5 Å². The lowest BCUT2D eigenvalue weighted by molar-refractivity contribution is -0.134. The zero-order valence-corrected chi connectivity index (χ0v) is 20.6. The predicted octanol–water partition coefficient (Wildman–Crippen LogP) is 2.63. The first-order valence-corrected chi connectivity index (χ1v) is 12.0. The van der Waals surface area contributed by atoms with Gasteiger partial charge in [0.2, 0.25) is 10.0 Å². The molecule has 1 aliphatic heterocycles. The fourth-order valence-electron chi connectivity index (χ4n) is 3.47. The van der Waals surface area contributed by atoms with Crippen molar-refractivity contribution >= 4 is 21.8 Å². The Balaban J connectivity index is 0.000000751. The van der Waals surface area contributed by atoms with E-state index in [0.717, 1.165) is 29.3 Å². The van der Waals surface area contributed by atoms with Gasteiger partial charge in [-0.05, 0) is 57.3 Å². The number of aryl methyl sites for hydroxylation is 2. The van der Waals surface area contributed by atoms with Crippen molar-refractivity contribution < 1.29 is 22.8 Å². The maximum Gasteiger partial charge on any atom is 0.300 e. The number of nitrogen functional groups attached to an aromatic ring is 1. The normalized spacial score (nSPS) is 14.4. The second kappa shape index (κ2) is 9.92. The number of aromatic nitrogens is 2. The van der Waals surface area contributed by atoms with Crippen molar-refractivity contribution in [2.24, 2.45) is 0 Å². The van der Waals surface area contributed by atoms with E-state index in [1.807, 2.05) is 45.0 Å². The fourth-order valence-corrected chi connectivity index (χ4v) is 5.01. The van der Waals surface area contributed by atoms with Gasteiger partial charge >= 0.3 is 0 Å². The summed E-state index contributed by atoms with van der Waals surface area (Å²) in [4.78, 5) is 15.6. The standard InChI is InChI=1S/C21H25N5O3S.C2H4O2/c1-13-5-6-17(30(27,28)26-11-16(12-26)25(3)4)9-18(13)15-8-19(21(22)23-10-15)20-7-14(2)24-29-20;1-2(3)4/h5-10,16H,11-12H2,1-4H3,(H2,22,23);1H3,(H,3,4). The molecule has 0 saturated carbocycles. The number of aliphatic carboxylic acids is 1. The second-order valence-electron chi connectivity index (χ2n) is 8.42. The van der Waals surface area contributed by atoms with Crippen LogP contribution in [-0.2, 0) is 14.8 Å². The van der Waals surface area contributed by atoms with Crippen LogP contribution in [0.1, 0.15) is 18.2 Å². The SMILES string of the molecule is CC(=O)O.Cc1cc(-c2cc(-c3cc(S(=O)(=O)N4CC(N(C)C)C4)ccc3C)cnc2N)on1. The van der Waals surface area contributed by atoms with E-state index in [-0.39, 0.29) is 10.9 Å². The number of carboxylic acids is 1. The molecule has 1 aromatic carbocycles. The van der Waals surface area contributed by atoms with E-state index in [2.05, 4.69) is 10.1 Å². The molecule has 0 unspecified atom stereocenters. The van der Waals surface area contributed by atoms with Crippen LogP contribution >= 0.6 is 0 Å². The van der Waals surface area contributed by atoms with Crippen molar-refractivity contribution in [1.29, 1.82) is 0 Å². The number of rotatable bonds is 5. The maximum atomic E-state index is 13.1. The van der Waals surface area contributed by atoms with Gasteiger partial charge in [0.05, 0.1) is 16.2 Å². The Hall–Kier alpha value is -3.28. The van der Waals surface area contributed by atoms with Crippen LogP contribution in [0, 0.1) is 13.8 Å². The Kier molecular flexibility index (Phi) is 7.39. The van der Waals surface area contributed by atoms with Crippen LogP contribution in [-0.4, -0.2) is 72.1 Å². The smallest absolute Gasteiger partial charge is 0.300 e. The van der Waals surface area contributed by atoms with Crippen molar-refractivity contribution in [3.63, 3.8) is 0 Å². The Morgan fingerprint density at radius 2 is 1.82 bits per heavy atom. The van der Waals surface area contributed by atoms with Gasteiger partial charge in [-0.3, -0.25) is 4.79 Å². The van der Waals surface area contributed by atoms with Gasteiger partial charge in [0.25, 0.3) is 5.97 Å². The summed E-state index contributed by atoms with van der Waals surface area (Å²) in [6.45, 7) is 5.84. The maximum absolute atomic E-state index is 13.1. The van der Waals surface area contributed by atoms with Crippen molar-refractivity contribution in [3.05, 3.63) is 47.8 Å². The second-order valence-corrected chi connectivity index (χ2v) is 10.4. The number of sulfonamides is 1. The number of anilines is 1. The number of hydrogen-bond acceptors (Lipinski definition) is 8. The number of carbonyl (C=O) groups is 1. The Morgan fingerprint density at radius 3 is 2.38 bits per heavy atom. The summed E-state index contributed by atoms with van der Waals surface area (Å²) in [5.74, 6) is 0.0164. The lowest BCUT2D eigenvalue weighted by Crippen LogP contribution is -2.58. The molecule has 0 spiro atoms. The molecule has 0 amide bonds. The first-order valence-electron chi connectivity index (χ1n) is 10.6. The Labute approximate surface area is 199 Å². The summed E-state index contributed by atoms with van der Waals surface area (Å²) in [5.41, 5.74) is 9.89. The first-order chi connectivity index (χ1) is 15.9. The summed E-state index contributed by atoms with van der Waals surface area (Å²) in [7, 11) is 0.367. The number of nitrogens with zero attached hydrogens (tertiary/aromatic N) is 4. The minimum atomic E-state index is -3.55. The molecule has 2 aromatic heterocycles. The number of hydrogen-bond donors (Lipinski definition) is 2. The molecule has 0 bridgehead atoms. The molecular weight excluding hydrogens is 458 g/mol. The number of pyridine rings is 1. The van der Waals surface area contributed by atoms with Crippen LogP contribution in [0.25, 0.3) is 22.5 Å². The predicted molar refractivity (Wildman–Crippen MR) is 129 cm³/mol. The molecule has 0 atom stereocenters. The minimum absolute atomic E-state index is 0.249. The molecule has 10 nitrogen and oxygen atoms in total. The van der Waals surface area contributed by atoms with Gasteiger partial charge in [-0.2, -0.15) is 4.31 Å². The van der Waals surface area contributed by atoms with Crippen LogP contribution in [0.5, 0.6) is 0 Å². The zero-order chi connectivity index (χ0) is 25.2. The molecule has 1 saturated heterocycles. The summed E-state index contributed by atoms with van der Waals surface area (Å²) in [5, 5.41) is 11.3. The minimum Gasteiger partial charge on any atom is -0.481 e. The number of carboxylic acid groups (broad SMARTS) is 1. The van der Waals surface area contributed by atoms with E-state index in [9.17, 15) is 8.42 Å². The molecule has 3 heterocycles. The van der Waals surface area contributed by atoms with Crippen LogP contribution in [0.3, 0.4) is 0 Å². The van der Waals surface area contributed by atoms with Gasteiger partial charge in [-0.15, -0.1) is 0 Å². The Morgan fingerprint density at radius 1 is 1.18 bits per heavy atom. The highest BCUT2D eigenvalue weighted by atomic mass is 32.2. The quantitative estimate of drug-likeness (QED) is 0.555. The first kappa shape index (κ1) is 25.3. The molecular formula is C23H29N5O5S. The average Bonchev–Trinajstić information content (AvgIpc) is 3.12. The molecule has 1 aliphatic rings. The molecule has 0 radical (unpaired) electrons.